The first kappa shape index (κ1) is 13.5. The second kappa shape index (κ2) is 4.92. The minimum absolute atomic E-state index is 0.0417. The first-order valence-corrected chi connectivity index (χ1v) is 7.90. The van der Waals surface area contributed by atoms with E-state index in [4.69, 9.17) is 23.7 Å². The van der Waals surface area contributed by atoms with Crippen molar-refractivity contribution in [2.75, 3.05) is 6.61 Å². The van der Waals surface area contributed by atoms with Crippen molar-refractivity contribution in [3.05, 3.63) is 0 Å². The molecule has 0 aromatic heterocycles. The summed E-state index contributed by atoms with van der Waals surface area (Å²) >= 11 is 0. The Morgan fingerprint density at radius 3 is 2.45 bits per heavy atom. The average Bonchev–Trinajstić information content (AvgIpc) is 3.03. The molecule has 5 atom stereocenters. The van der Waals surface area contributed by atoms with Crippen molar-refractivity contribution in [1.29, 1.82) is 0 Å². The van der Waals surface area contributed by atoms with Crippen molar-refractivity contribution in [1.82, 2.24) is 0 Å². The molecular formula is C15H24O5. The number of rotatable bonds is 3. The summed E-state index contributed by atoms with van der Waals surface area (Å²) in [6, 6.07) is 0. The van der Waals surface area contributed by atoms with Crippen molar-refractivity contribution in [3.8, 4) is 0 Å². The van der Waals surface area contributed by atoms with Crippen molar-refractivity contribution in [3.63, 3.8) is 0 Å². The average molecular weight is 284 g/mol. The molecule has 0 spiro atoms. The van der Waals surface area contributed by atoms with Gasteiger partial charge in [-0.1, -0.05) is 19.3 Å². The van der Waals surface area contributed by atoms with Gasteiger partial charge in [-0.3, -0.25) is 0 Å². The molecule has 5 heteroatoms. The Morgan fingerprint density at radius 1 is 0.950 bits per heavy atom. The Balaban J connectivity index is 1.34. The molecular weight excluding hydrogens is 260 g/mol. The lowest BCUT2D eigenvalue weighted by atomic mass is 9.98. The second-order valence-corrected chi connectivity index (χ2v) is 6.80. The molecule has 0 aromatic rings. The Labute approximate surface area is 119 Å². The van der Waals surface area contributed by atoms with Gasteiger partial charge in [0.2, 0.25) is 0 Å². The van der Waals surface area contributed by atoms with Gasteiger partial charge in [0.05, 0.1) is 12.7 Å². The zero-order chi connectivity index (χ0) is 13.7. The highest BCUT2D eigenvalue weighted by Gasteiger charge is 2.62. The molecule has 1 aliphatic carbocycles. The highest BCUT2D eigenvalue weighted by molar-refractivity contribution is 5.04. The van der Waals surface area contributed by atoms with E-state index < -0.39 is 5.79 Å². The van der Waals surface area contributed by atoms with Crippen LogP contribution in [0.5, 0.6) is 0 Å². The van der Waals surface area contributed by atoms with Crippen LogP contribution in [0.1, 0.15) is 46.0 Å². The minimum atomic E-state index is -0.513. The van der Waals surface area contributed by atoms with Gasteiger partial charge < -0.3 is 23.7 Å². The molecule has 4 fully saturated rings. The van der Waals surface area contributed by atoms with E-state index in [9.17, 15) is 0 Å². The summed E-state index contributed by atoms with van der Waals surface area (Å²) in [5.74, 6) is -0.513. The van der Waals surface area contributed by atoms with E-state index in [1.807, 2.05) is 13.8 Å². The van der Waals surface area contributed by atoms with Crippen molar-refractivity contribution >= 4 is 0 Å². The third-order valence-electron chi connectivity index (χ3n) is 4.72. The lowest BCUT2D eigenvalue weighted by Crippen LogP contribution is -2.37. The molecule has 1 saturated carbocycles. The van der Waals surface area contributed by atoms with E-state index in [0.29, 0.717) is 12.7 Å². The Morgan fingerprint density at radius 2 is 1.75 bits per heavy atom. The summed E-state index contributed by atoms with van der Waals surface area (Å²) < 4.78 is 29.4. The number of hydrogen-bond acceptors (Lipinski definition) is 5. The summed E-state index contributed by atoms with van der Waals surface area (Å²) in [6.07, 6.45) is 6.45. The normalized spacial score (nSPS) is 47.4. The van der Waals surface area contributed by atoms with Crippen LogP contribution in [0.4, 0.5) is 0 Å². The Hall–Kier alpha value is -0.200. The van der Waals surface area contributed by atoms with Crippen molar-refractivity contribution in [2.24, 2.45) is 0 Å². The van der Waals surface area contributed by atoms with E-state index >= 15 is 0 Å². The quantitative estimate of drug-likeness (QED) is 0.742. The fraction of sp³-hybridized carbons (Fsp3) is 1.00. The summed E-state index contributed by atoms with van der Waals surface area (Å²) in [7, 11) is 0. The standard InChI is InChI=1S/C15H24O5/c1-15(2)16-8-10(20-15)11-12-13(18-12)14(19-11)17-9-6-4-3-5-7-9/h9-14H,3-8H2,1-2H3/t10-,11+,12-,13-,14+/m1/s1. The number of hydrogen-bond donors (Lipinski definition) is 0. The van der Waals surface area contributed by atoms with Crippen LogP contribution in [-0.4, -0.2) is 49.2 Å². The van der Waals surface area contributed by atoms with Crippen LogP contribution >= 0.6 is 0 Å². The van der Waals surface area contributed by atoms with Gasteiger partial charge in [-0.15, -0.1) is 0 Å². The predicted octanol–water partition coefficient (Wildman–Crippen LogP) is 1.98. The van der Waals surface area contributed by atoms with Crippen molar-refractivity contribution < 1.29 is 23.7 Å². The van der Waals surface area contributed by atoms with Gasteiger partial charge in [-0.2, -0.15) is 0 Å². The zero-order valence-corrected chi connectivity index (χ0v) is 12.2. The third kappa shape index (κ3) is 2.50. The molecule has 0 N–H and O–H groups in total. The maximum atomic E-state index is 6.10. The lowest BCUT2D eigenvalue weighted by Gasteiger charge is -2.27. The predicted molar refractivity (Wildman–Crippen MR) is 70.2 cm³/mol. The molecule has 4 aliphatic rings. The molecule has 3 heterocycles. The Kier molecular flexibility index (Phi) is 3.31. The fourth-order valence-corrected chi connectivity index (χ4v) is 3.61. The summed E-state index contributed by atoms with van der Waals surface area (Å²) in [5.41, 5.74) is 0. The van der Waals surface area contributed by atoms with E-state index in [1.54, 1.807) is 0 Å². The highest BCUT2D eigenvalue weighted by atomic mass is 16.8. The van der Waals surface area contributed by atoms with E-state index in [1.165, 1.54) is 19.3 Å². The first-order valence-electron chi connectivity index (χ1n) is 7.90. The van der Waals surface area contributed by atoms with Crippen molar-refractivity contribution in [2.45, 2.75) is 88.5 Å². The minimum Gasteiger partial charge on any atom is -0.361 e. The van der Waals surface area contributed by atoms with Gasteiger partial charge in [0.15, 0.2) is 12.1 Å². The van der Waals surface area contributed by atoms with Crippen LogP contribution in [0.2, 0.25) is 0 Å². The fourth-order valence-electron chi connectivity index (χ4n) is 3.61. The maximum Gasteiger partial charge on any atom is 0.187 e. The second-order valence-electron chi connectivity index (χ2n) is 6.80. The molecule has 4 rings (SSSR count). The summed E-state index contributed by atoms with van der Waals surface area (Å²) in [4.78, 5) is 0. The number of ether oxygens (including phenoxy) is 5. The molecule has 20 heavy (non-hydrogen) atoms. The van der Waals surface area contributed by atoms with Crippen LogP contribution in [-0.2, 0) is 23.7 Å². The first-order chi connectivity index (χ1) is 9.62. The van der Waals surface area contributed by atoms with Crippen LogP contribution in [0.25, 0.3) is 0 Å². The molecule has 3 aliphatic heterocycles. The van der Waals surface area contributed by atoms with Crippen LogP contribution in [0.3, 0.4) is 0 Å². The third-order valence-corrected chi connectivity index (χ3v) is 4.72. The molecule has 0 amide bonds. The molecule has 0 bridgehead atoms. The molecule has 5 nitrogen and oxygen atoms in total. The van der Waals surface area contributed by atoms with Crippen LogP contribution in [0.15, 0.2) is 0 Å². The lowest BCUT2D eigenvalue weighted by molar-refractivity contribution is -0.224. The smallest absolute Gasteiger partial charge is 0.187 e. The molecule has 114 valence electrons. The monoisotopic (exact) mass is 284 g/mol. The van der Waals surface area contributed by atoms with Gasteiger partial charge in [-0.25, -0.2) is 0 Å². The van der Waals surface area contributed by atoms with Crippen LogP contribution < -0.4 is 0 Å². The molecule has 0 unspecified atom stereocenters. The van der Waals surface area contributed by atoms with E-state index in [2.05, 4.69) is 0 Å². The zero-order valence-electron chi connectivity index (χ0n) is 12.2. The topological polar surface area (TPSA) is 49.5 Å². The SMILES string of the molecule is CC1(C)OC[C@H]([C@@H]2O[C@H](OC3CCCCC3)[C@@H]3O[C@H]23)O1. The summed E-state index contributed by atoms with van der Waals surface area (Å²) in [6.45, 7) is 4.44. The largest absolute Gasteiger partial charge is 0.361 e. The van der Waals surface area contributed by atoms with Gasteiger partial charge in [0, 0.05) is 0 Å². The van der Waals surface area contributed by atoms with E-state index in [-0.39, 0.29) is 30.7 Å². The molecule has 3 saturated heterocycles. The van der Waals surface area contributed by atoms with E-state index in [0.717, 1.165) is 12.8 Å². The maximum absolute atomic E-state index is 6.10. The van der Waals surface area contributed by atoms with Gasteiger partial charge in [-0.05, 0) is 26.7 Å². The molecule has 0 aromatic carbocycles. The number of epoxide rings is 1. The summed E-state index contributed by atoms with van der Waals surface area (Å²) in [5, 5.41) is 0. The van der Waals surface area contributed by atoms with Gasteiger partial charge in [0.1, 0.15) is 24.4 Å². The van der Waals surface area contributed by atoms with Gasteiger partial charge >= 0.3 is 0 Å². The highest BCUT2D eigenvalue weighted by Crippen LogP contribution is 2.44. The number of fused-ring (bicyclic) bond motifs is 1. The molecule has 0 radical (unpaired) electrons. The Bertz CT molecular complexity index is 365. The van der Waals surface area contributed by atoms with Crippen LogP contribution in [0, 0.1) is 0 Å². The van der Waals surface area contributed by atoms with Gasteiger partial charge in [0.25, 0.3) is 0 Å².